The lowest BCUT2D eigenvalue weighted by molar-refractivity contribution is 0.315. The van der Waals surface area contributed by atoms with Gasteiger partial charge in [-0.05, 0) is 36.6 Å². The summed E-state index contributed by atoms with van der Waals surface area (Å²) in [5.41, 5.74) is 7.75. The van der Waals surface area contributed by atoms with Crippen molar-refractivity contribution in [3.05, 3.63) is 28.8 Å². The fourth-order valence-electron chi connectivity index (χ4n) is 2.34. The molecule has 1 aliphatic heterocycles. The van der Waals surface area contributed by atoms with Crippen molar-refractivity contribution in [2.24, 2.45) is 5.92 Å². The van der Waals surface area contributed by atoms with Crippen LogP contribution in [-0.2, 0) is 6.54 Å². The van der Waals surface area contributed by atoms with E-state index in [-0.39, 0.29) is 0 Å². The van der Waals surface area contributed by atoms with Gasteiger partial charge in [-0.25, -0.2) is 0 Å². The van der Waals surface area contributed by atoms with Gasteiger partial charge < -0.3 is 5.73 Å². The van der Waals surface area contributed by atoms with Gasteiger partial charge in [-0.2, -0.15) is 0 Å². The third-order valence-electron chi connectivity index (χ3n) is 3.41. The average molecular weight is 239 g/mol. The molecule has 0 bridgehead atoms. The molecule has 0 aromatic heterocycles. The summed E-state index contributed by atoms with van der Waals surface area (Å²) in [5, 5.41) is 0.650. The standard InChI is InChI=1S/C13H19ClN2/c1-2-10-5-6-16(8-10)9-11-3-4-12(14)13(15)7-11/h3-4,7,10H,2,5-6,8-9,15H2,1H3. The average Bonchev–Trinajstić information content (AvgIpc) is 2.71. The molecule has 0 amide bonds. The molecule has 88 valence electrons. The zero-order valence-electron chi connectivity index (χ0n) is 9.75. The minimum Gasteiger partial charge on any atom is -0.398 e. The number of rotatable bonds is 3. The third-order valence-corrected chi connectivity index (χ3v) is 3.76. The van der Waals surface area contributed by atoms with Crippen molar-refractivity contribution in [3.8, 4) is 0 Å². The molecule has 0 spiro atoms. The van der Waals surface area contributed by atoms with E-state index >= 15 is 0 Å². The van der Waals surface area contributed by atoms with E-state index in [1.165, 1.54) is 31.5 Å². The Balaban J connectivity index is 1.97. The molecule has 1 aliphatic rings. The van der Waals surface area contributed by atoms with Crippen LogP contribution in [0.15, 0.2) is 18.2 Å². The van der Waals surface area contributed by atoms with Crippen molar-refractivity contribution in [2.45, 2.75) is 26.3 Å². The minimum atomic E-state index is 0.650. The minimum absolute atomic E-state index is 0.650. The smallest absolute Gasteiger partial charge is 0.0635 e. The molecule has 1 aromatic rings. The fraction of sp³-hybridized carbons (Fsp3) is 0.538. The maximum atomic E-state index is 5.90. The van der Waals surface area contributed by atoms with Crippen LogP contribution in [0.4, 0.5) is 5.69 Å². The number of halogens is 1. The molecule has 0 saturated carbocycles. The molecule has 2 nitrogen and oxygen atoms in total. The van der Waals surface area contributed by atoms with Gasteiger partial charge in [0.15, 0.2) is 0 Å². The number of benzene rings is 1. The van der Waals surface area contributed by atoms with E-state index in [1.807, 2.05) is 12.1 Å². The van der Waals surface area contributed by atoms with Crippen LogP contribution >= 0.6 is 11.6 Å². The molecule has 1 saturated heterocycles. The molecule has 2 N–H and O–H groups in total. The lowest BCUT2D eigenvalue weighted by Gasteiger charge is -2.16. The van der Waals surface area contributed by atoms with Gasteiger partial charge in [0.2, 0.25) is 0 Å². The Kier molecular flexibility index (Phi) is 3.72. The lowest BCUT2D eigenvalue weighted by Crippen LogP contribution is -2.20. The Morgan fingerprint density at radius 1 is 1.50 bits per heavy atom. The molecule has 1 atom stereocenters. The maximum absolute atomic E-state index is 5.90. The van der Waals surface area contributed by atoms with Crippen molar-refractivity contribution in [1.82, 2.24) is 4.90 Å². The summed E-state index contributed by atoms with van der Waals surface area (Å²) in [6, 6.07) is 5.94. The first-order valence-electron chi connectivity index (χ1n) is 5.95. The molecular weight excluding hydrogens is 220 g/mol. The first-order chi connectivity index (χ1) is 7.69. The first kappa shape index (κ1) is 11.7. The quantitative estimate of drug-likeness (QED) is 0.820. The van der Waals surface area contributed by atoms with E-state index < -0.39 is 0 Å². The van der Waals surface area contributed by atoms with Crippen molar-refractivity contribution < 1.29 is 0 Å². The van der Waals surface area contributed by atoms with Crippen LogP contribution in [0.1, 0.15) is 25.3 Å². The maximum Gasteiger partial charge on any atom is 0.0635 e. The van der Waals surface area contributed by atoms with E-state index in [9.17, 15) is 0 Å². The van der Waals surface area contributed by atoms with E-state index in [0.29, 0.717) is 10.7 Å². The van der Waals surface area contributed by atoms with Crippen LogP contribution < -0.4 is 5.73 Å². The van der Waals surface area contributed by atoms with E-state index in [1.54, 1.807) is 0 Å². The first-order valence-corrected chi connectivity index (χ1v) is 6.33. The van der Waals surface area contributed by atoms with Gasteiger partial charge in [-0.15, -0.1) is 0 Å². The topological polar surface area (TPSA) is 29.3 Å². The number of hydrogen-bond acceptors (Lipinski definition) is 2. The second kappa shape index (κ2) is 5.07. The van der Waals surface area contributed by atoms with Gasteiger partial charge in [-0.1, -0.05) is 31.0 Å². The predicted octanol–water partition coefficient (Wildman–Crippen LogP) is 3.15. The monoisotopic (exact) mass is 238 g/mol. The summed E-state index contributed by atoms with van der Waals surface area (Å²) in [4.78, 5) is 2.50. The molecule has 16 heavy (non-hydrogen) atoms. The zero-order valence-corrected chi connectivity index (χ0v) is 10.5. The lowest BCUT2D eigenvalue weighted by atomic mass is 10.1. The number of likely N-dealkylation sites (tertiary alicyclic amines) is 1. The highest BCUT2D eigenvalue weighted by molar-refractivity contribution is 6.33. The van der Waals surface area contributed by atoms with E-state index in [0.717, 1.165) is 12.5 Å². The van der Waals surface area contributed by atoms with Crippen LogP contribution in [0, 0.1) is 5.92 Å². The Hall–Kier alpha value is -0.730. The van der Waals surface area contributed by atoms with Crippen LogP contribution in [0.5, 0.6) is 0 Å². The number of nitrogen functional groups attached to an aromatic ring is 1. The third kappa shape index (κ3) is 2.69. The molecule has 2 rings (SSSR count). The van der Waals surface area contributed by atoms with Gasteiger partial charge in [0.25, 0.3) is 0 Å². The second-order valence-electron chi connectivity index (χ2n) is 4.65. The van der Waals surface area contributed by atoms with E-state index in [2.05, 4.69) is 17.9 Å². The molecule has 1 heterocycles. The van der Waals surface area contributed by atoms with E-state index in [4.69, 9.17) is 17.3 Å². The summed E-state index contributed by atoms with van der Waals surface area (Å²) < 4.78 is 0. The molecule has 1 unspecified atom stereocenters. The number of anilines is 1. The van der Waals surface area contributed by atoms with Crippen molar-refractivity contribution in [2.75, 3.05) is 18.8 Å². The highest BCUT2D eigenvalue weighted by atomic mass is 35.5. The Morgan fingerprint density at radius 2 is 2.31 bits per heavy atom. The van der Waals surface area contributed by atoms with Crippen molar-refractivity contribution >= 4 is 17.3 Å². The van der Waals surface area contributed by atoms with Crippen LogP contribution in [0.2, 0.25) is 5.02 Å². The summed E-state index contributed by atoms with van der Waals surface area (Å²) in [7, 11) is 0. The van der Waals surface area contributed by atoms with Crippen LogP contribution in [0.25, 0.3) is 0 Å². The SMILES string of the molecule is CCC1CCN(Cc2ccc(Cl)c(N)c2)C1. The summed E-state index contributed by atoms with van der Waals surface area (Å²) in [6.07, 6.45) is 2.62. The van der Waals surface area contributed by atoms with Gasteiger partial charge in [0, 0.05) is 13.1 Å². The highest BCUT2D eigenvalue weighted by Gasteiger charge is 2.20. The molecule has 0 radical (unpaired) electrons. The summed E-state index contributed by atoms with van der Waals surface area (Å²) in [6.45, 7) is 5.70. The van der Waals surface area contributed by atoms with Crippen LogP contribution in [0.3, 0.4) is 0 Å². The zero-order chi connectivity index (χ0) is 11.5. The number of hydrogen-bond donors (Lipinski definition) is 1. The molecule has 0 aliphatic carbocycles. The summed E-state index contributed by atoms with van der Waals surface area (Å²) in [5.74, 6) is 0.879. The normalized spacial score (nSPS) is 21.5. The van der Waals surface area contributed by atoms with Gasteiger partial charge >= 0.3 is 0 Å². The Labute approximate surface area is 102 Å². The van der Waals surface area contributed by atoms with Gasteiger partial charge in [-0.3, -0.25) is 4.90 Å². The Morgan fingerprint density at radius 3 is 2.94 bits per heavy atom. The number of nitrogens with two attached hydrogens (primary N) is 1. The van der Waals surface area contributed by atoms with Gasteiger partial charge in [0.05, 0.1) is 10.7 Å². The van der Waals surface area contributed by atoms with Gasteiger partial charge in [0.1, 0.15) is 0 Å². The highest BCUT2D eigenvalue weighted by Crippen LogP contribution is 2.24. The molecular formula is C13H19ClN2. The van der Waals surface area contributed by atoms with Crippen molar-refractivity contribution in [1.29, 1.82) is 0 Å². The predicted molar refractivity (Wildman–Crippen MR) is 69.5 cm³/mol. The summed E-state index contributed by atoms with van der Waals surface area (Å²) >= 11 is 5.90. The molecule has 3 heteroatoms. The van der Waals surface area contributed by atoms with Crippen molar-refractivity contribution in [3.63, 3.8) is 0 Å². The molecule has 1 fully saturated rings. The van der Waals surface area contributed by atoms with Crippen LogP contribution in [-0.4, -0.2) is 18.0 Å². The largest absolute Gasteiger partial charge is 0.398 e. The Bertz CT molecular complexity index is 365. The second-order valence-corrected chi connectivity index (χ2v) is 5.06. The molecule has 1 aromatic carbocycles. The fourth-order valence-corrected chi connectivity index (χ4v) is 2.46. The number of nitrogens with zero attached hydrogens (tertiary/aromatic N) is 1.